The molecule has 1 aromatic carbocycles. The minimum Gasteiger partial charge on any atom is -0.273 e. The molecule has 2 atom stereocenters. The van der Waals surface area contributed by atoms with Crippen LogP contribution in [0.25, 0.3) is 0 Å². The third-order valence-corrected chi connectivity index (χ3v) is 4.57. The van der Waals surface area contributed by atoms with E-state index >= 15 is 0 Å². The van der Waals surface area contributed by atoms with Crippen LogP contribution in [0.15, 0.2) is 18.2 Å². The van der Waals surface area contributed by atoms with Gasteiger partial charge in [0.1, 0.15) is 11.6 Å². The lowest BCUT2D eigenvalue weighted by Gasteiger charge is -2.26. The van der Waals surface area contributed by atoms with Crippen molar-refractivity contribution in [1.82, 2.24) is 10.0 Å². The summed E-state index contributed by atoms with van der Waals surface area (Å²) < 4.78 is 26.8. The molecule has 0 saturated carbocycles. The van der Waals surface area contributed by atoms with Crippen LogP contribution in [0.5, 0.6) is 0 Å². The molecule has 0 spiro atoms. The smallest absolute Gasteiger partial charge is 0.244 e. The van der Waals surface area contributed by atoms with E-state index in [0.717, 1.165) is 19.0 Å². The van der Waals surface area contributed by atoms with E-state index in [1.54, 1.807) is 5.01 Å². The van der Waals surface area contributed by atoms with Crippen LogP contribution in [0.1, 0.15) is 38.3 Å². The Morgan fingerprint density at radius 1 is 1.30 bits per heavy atom. The Kier molecular flexibility index (Phi) is 3.05. The second-order valence-electron chi connectivity index (χ2n) is 5.96. The maximum Gasteiger partial charge on any atom is 0.244 e. The van der Waals surface area contributed by atoms with Crippen molar-refractivity contribution in [3.8, 4) is 0 Å². The molecular formula is C15H18F2N2O. The fourth-order valence-corrected chi connectivity index (χ4v) is 3.21. The van der Waals surface area contributed by atoms with Crippen molar-refractivity contribution in [2.45, 2.75) is 32.7 Å². The van der Waals surface area contributed by atoms with Gasteiger partial charge >= 0.3 is 0 Å². The largest absolute Gasteiger partial charge is 0.273 e. The summed E-state index contributed by atoms with van der Waals surface area (Å²) in [5, 5.41) is 3.72. The first-order valence-electron chi connectivity index (χ1n) is 6.99. The summed E-state index contributed by atoms with van der Waals surface area (Å²) in [6, 6.07) is 3.26. The highest BCUT2D eigenvalue weighted by Crippen LogP contribution is 2.43. The number of nitrogens with zero attached hydrogens (tertiary/aromatic N) is 2. The minimum absolute atomic E-state index is 0.0622. The zero-order valence-electron chi connectivity index (χ0n) is 11.7. The molecule has 0 bridgehead atoms. The topological polar surface area (TPSA) is 23.6 Å². The maximum absolute atomic E-state index is 13.4. The van der Waals surface area contributed by atoms with Gasteiger partial charge in [-0.25, -0.2) is 13.8 Å². The number of carbonyl (C=O) groups excluding carboxylic acids is 1. The van der Waals surface area contributed by atoms with Crippen molar-refractivity contribution >= 4 is 5.91 Å². The summed E-state index contributed by atoms with van der Waals surface area (Å²) in [6.45, 7) is 5.40. The molecule has 0 unspecified atom stereocenters. The fourth-order valence-electron chi connectivity index (χ4n) is 3.21. The van der Waals surface area contributed by atoms with Gasteiger partial charge < -0.3 is 0 Å². The van der Waals surface area contributed by atoms with E-state index < -0.39 is 11.6 Å². The van der Waals surface area contributed by atoms with Gasteiger partial charge in [-0.3, -0.25) is 9.80 Å². The van der Waals surface area contributed by atoms with Gasteiger partial charge in [0.2, 0.25) is 5.91 Å². The van der Waals surface area contributed by atoms with Crippen LogP contribution in [0, 0.1) is 17.0 Å². The van der Waals surface area contributed by atoms with Crippen LogP contribution in [-0.2, 0) is 4.79 Å². The van der Waals surface area contributed by atoms with E-state index in [4.69, 9.17) is 0 Å². The van der Waals surface area contributed by atoms with Gasteiger partial charge in [0.15, 0.2) is 0 Å². The SMILES string of the molecule is CC[C@]1(C)CN2CC[C@H](c3cc(F)cc(F)c3)N2C1=O. The zero-order valence-corrected chi connectivity index (χ0v) is 11.7. The third-order valence-electron chi connectivity index (χ3n) is 4.57. The maximum atomic E-state index is 13.4. The minimum atomic E-state index is -0.594. The number of benzene rings is 1. The average molecular weight is 280 g/mol. The van der Waals surface area contributed by atoms with Gasteiger partial charge in [-0.2, -0.15) is 0 Å². The van der Waals surface area contributed by atoms with E-state index in [0.29, 0.717) is 18.5 Å². The molecule has 3 rings (SSSR count). The van der Waals surface area contributed by atoms with E-state index in [9.17, 15) is 13.6 Å². The predicted molar refractivity (Wildman–Crippen MR) is 70.5 cm³/mol. The molecule has 2 aliphatic rings. The van der Waals surface area contributed by atoms with Gasteiger partial charge in [-0.05, 0) is 37.5 Å². The Morgan fingerprint density at radius 2 is 1.95 bits per heavy atom. The normalized spacial score (nSPS) is 30.1. The van der Waals surface area contributed by atoms with Gasteiger partial charge in [0.25, 0.3) is 0 Å². The van der Waals surface area contributed by atoms with Gasteiger partial charge in [-0.15, -0.1) is 0 Å². The number of hydrazine groups is 1. The third kappa shape index (κ3) is 1.92. The number of hydrogen-bond acceptors (Lipinski definition) is 2. The summed E-state index contributed by atoms with van der Waals surface area (Å²) in [5.74, 6) is -1.13. The molecule has 3 nitrogen and oxygen atoms in total. The molecule has 1 aromatic rings. The average Bonchev–Trinajstić information content (AvgIpc) is 2.89. The van der Waals surface area contributed by atoms with Crippen molar-refractivity contribution in [2.24, 2.45) is 5.41 Å². The van der Waals surface area contributed by atoms with Crippen molar-refractivity contribution < 1.29 is 13.6 Å². The first-order valence-corrected chi connectivity index (χ1v) is 6.99. The number of halogens is 2. The fraction of sp³-hybridized carbons (Fsp3) is 0.533. The van der Waals surface area contributed by atoms with Crippen LogP contribution in [0.2, 0.25) is 0 Å². The lowest BCUT2D eigenvalue weighted by Crippen LogP contribution is -2.36. The molecule has 5 heteroatoms. The number of hydrogen-bond donors (Lipinski definition) is 0. The van der Waals surface area contributed by atoms with E-state index in [1.165, 1.54) is 12.1 Å². The second kappa shape index (κ2) is 4.52. The molecule has 2 fully saturated rings. The van der Waals surface area contributed by atoms with E-state index in [-0.39, 0.29) is 17.4 Å². The highest BCUT2D eigenvalue weighted by molar-refractivity contribution is 5.84. The van der Waals surface area contributed by atoms with Crippen molar-refractivity contribution in [2.75, 3.05) is 13.1 Å². The summed E-state index contributed by atoms with van der Waals surface area (Å²) in [7, 11) is 0. The Morgan fingerprint density at radius 3 is 2.55 bits per heavy atom. The van der Waals surface area contributed by atoms with Crippen molar-refractivity contribution in [3.63, 3.8) is 0 Å². The standard InChI is InChI=1S/C15H18F2N2O/c1-3-15(2)9-18-5-4-13(19(18)14(15)20)10-6-11(16)8-12(17)7-10/h6-8,13H,3-5,9H2,1-2H3/t13-,15-/m1/s1. The van der Waals surface area contributed by atoms with Crippen molar-refractivity contribution in [3.05, 3.63) is 35.4 Å². The molecule has 108 valence electrons. The van der Waals surface area contributed by atoms with Crippen LogP contribution in [0.3, 0.4) is 0 Å². The lowest BCUT2D eigenvalue weighted by atomic mass is 9.87. The van der Waals surface area contributed by atoms with Crippen LogP contribution < -0.4 is 0 Å². The molecule has 0 aliphatic carbocycles. The Bertz CT molecular complexity index is 543. The van der Waals surface area contributed by atoms with Crippen LogP contribution in [-0.4, -0.2) is 29.0 Å². The van der Waals surface area contributed by atoms with Crippen LogP contribution >= 0.6 is 0 Å². The summed E-state index contributed by atoms with van der Waals surface area (Å²) >= 11 is 0. The molecular weight excluding hydrogens is 262 g/mol. The summed E-state index contributed by atoms with van der Waals surface area (Å²) in [5.41, 5.74) is 0.156. The Labute approximate surface area is 117 Å². The Balaban J connectivity index is 1.95. The van der Waals surface area contributed by atoms with E-state index in [2.05, 4.69) is 0 Å². The number of rotatable bonds is 2. The predicted octanol–water partition coefficient (Wildman–Crippen LogP) is 2.89. The lowest BCUT2D eigenvalue weighted by molar-refractivity contribution is -0.142. The first kappa shape index (κ1) is 13.5. The number of carbonyl (C=O) groups is 1. The highest BCUT2D eigenvalue weighted by atomic mass is 19.1. The molecule has 2 aliphatic heterocycles. The molecule has 0 N–H and O–H groups in total. The highest BCUT2D eigenvalue weighted by Gasteiger charge is 2.51. The molecule has 2 saturated heterocycles. The molecule has 0 aromatic heterocycles. The molecule has 0 radical (unpaired) electrons. The van der Waals surface area contributed by atoms with Gasteiger partial charge in [0.05, 0.1) is 11.5 Å². The zero-order chi connectivity index (χ0) is 14.5. The number of fused-ring (bicyclic) bond motifs is 1. The number of amides is 1. The molecule has 1 amide bonds. The first-order chi connectivity index (χ1) is 9.44. The molecule has 2 heterocycles. The van der Waals surface area contributed by atoms with E-state index in [1.807, 2.05) is 18.9 Å². The van der Waals surface area contributed by atoms with Gasteiger partial charge in [-0.1, -0.05) is 6.92 Å². The summed E-state index contributed by atoms with van der Waals surface area (Å²) in [6.07, 6.45) is 1.48. The quantitative estimate of drug-likeness (QED) is 0.831. The molecule has 20 heavy (non-hydrogen) atoms. The monoisotopic (exact) mass is 280 g/mol. The Hall–Kier alpha value is -1.49. The van der Waals surface area contributed by atoms with Crippen LogP contribution in [0.4, 0.5) is 8.78 Å². The second-order valence-corrected chi connectivity index (χ2v) is 5.96. The van der Waals surface area contributed by atoms with Crippen molar-refractivity contribution in [1.29, 1.82) is 0 Å². The van der Waals surface area contributed by atoms with Gasteiger partial charge in [0, 0.05) is 19.2 Å². The summed E-state index contributed by atoms with van der Waals surface area (Å²) in [4.78, 5) is 12.6.